The second-order valence-electron chi connectivity index (χ2n) is 5.11. The summed E-state index contributed by atoms with van der Waals surface area (Å²) in [6, 6.07) is 11.0. The number of hydrogen-bond donors (Lipinski definition) is 1. The van der Waals surface area contributed by atoms with Crippen LogP contribution in [0.25, 0.3) is 0 Å². The van der Waals surface area contributed by atoms with Crippen molar-refractivity contribution in [2.45, 2.75) is 31.8 Å². The molecule has 1 aromatic carbocycles. The molecule has 19 heavy (non-hydrogen) atoms. The highest BCUT2D eigenvalue weighted by Gasteiger charge is 2.23. The zero-order chi connectivity index (χ0) is 13.2. The molecule has 2 atom stereocenters. The third-order valence-electron chi connectivity index (χ3n) is 3.82. The molecule has 0 amide bonds. The number of fused-ring (bicyclic) bond motifs is 1. The molecule has 2 aromatic rings. The minimum absolute atomic E-state index is 0.306. The minimum Gasteiger partial charge on any atom is -0.303 e. The van der Waals surface area contributed by atoms with Crippen molar-refractivity contribution in [3.8, 4) is 0 Å². The Kier molecular flexibility index (Phi) is 3.54. The maximum absolute atomic E-state index is 6.04. The number of aromatic nitrogens is 1. The monoisotopic (exact) mass is 272 g/mol. The van der Waals surface area contributed by atoms with Crippen molar-refractivity contribution in [3.05, 3.63) is 64.4 Å². The molecule has 0 aliphatic heterocycles. The summed E-state index contributed by atoms with van der Waals surface area (Å²) in [5, 5.41) is 4.52. The molecule has 0 radical (unpaired) electrons. The molecule has 1 N–H and O–H groups in total. The Morgan fingerprint density at radius 3 is 3.05 bits per heavy atom. The fourth-order valence-corrected chi connectivity index (χ4v) is 2.98. The first-order chi connectivity index (χ1) is 9.24. The summed E-state index contributed by atoms with van der Waals surface area (Å²) in [5.41, 5.74) is 3.99. The van der Waals surface area contributed by atoms with Crippen molar-refractivity contribution >= 4 is 11.6 Å². The van der Waals surface area contributed by atoms with Gasteiger partial charge in [0.05, 0.1) is 0 Å². The van der Waals surface area contributed by atoms with Crippen molar-refractivity contribution in [1.29, 1.82) is 0 Å². The number of pyridine rings is 1. The maximum Gasteiger partial charge on any atom is 0.0408 e. The quantitative estimate of drug-likeness (QED) is 0.911. The lowest BCUT2D eigenvalue weighted by Gasteiger charge is -2.20. The first kappa shape index (κ1) is 12.6. The standard InChI is InChI=1S/C16H17ClN2/c1-11(13-3-2-8-18-10-13)19-16-7-4-12-9-14(17)5-6-15(12)16/h2-3,5-6,8-11,16,19H,4,7H2,1H3/t11-,16?/m0/s1. The number of nitrogens with zero attached hydrogens (tertiary/aromatic N) is 1. The SMILES string of the molecule is C[C@H](NC1CCc2cc(Cl)ccc21)c1cccnc1. The molecule has 0 saturated heterocycles. The number of benzene rings is 1. The first-order valence-electron chi connectivity index (χ1n) is 6.68. The molecule has 1 aliphatic rings. The number of aryl methyl sites for hydroxylation is 1. The Labute approximate surface area is 118 Å². The molecule has 0 spiro atoms. The number of halogens is 1. The lowest BCUT2D eigenvalue weighted by Crippen LogP contribution is -2.23. The van der Waals surface area contributed by atoms with Crippen LogP contribution in [0.15, 0.2) is 42.7 Å². The van der Waals surface area contributed by atoms with Gasteiger partial charge < -0.3 is 5.32 Å². The summed E-state index contributed by atoms with van der Waals surface area (Å²) in [6.45, 7) is 2.19. The molecule has 3 heteroatoms. The molecular weight excluding hydrogens is 256 g/mol. The second-order valence-corrected chi connectivity index (χ2v) is 5.55. The molecule has 0 saturated carbocycles. The normalized spacial score (nSPS) is 19.2. The van der Waals surface area contributed by atoms with Crippen LogP contribution in [-0.2, 0) is 6.42 Å². The van der Waals surface area contributed by atoms with Crippen LogP contribution in [0.3, 0.4) is 0 Å². The average molecular weight is 273 g/mol. The van der Waals surface area contributed by atoms with E-state index in [-0.39, 0.29) is 0 Å². The topological polar surface area (TPSA) is 24.9 Å². The first-order valence-corrected chi connectivity index (χ1v) is 7.06. The van der Waals surface area contributed by atoms with Gasteiger partial charge >= 0.3 is 0 Å². The van der Waals surface area contributed by atoms with Gasteiger partial charge in [-0.05, 0) is 54.7 Å². The molecule has 0 fully saturated rings. The van der Waals surface area contributed by atoms with E-state index in [1.165, 1.54) is 16.7 Å². The van der Waals surface area contributed by atoms with Gasteiger partial charge in [-0.1, -0.05) is 23.7 Å². The molecule has 1 aliphatic carbocycles. The van der Waals surface area contributed by atoms with Crippen molar-refractivity contribution in [2.24, 2.45) is 0 Å². The second kappa shape index (κ2) is 5.32. The van der Waals surface area contributed by atoms with Gasteiger partial charge in [0, 0.05) is 29.5 Å². The van der Waals surface area contributed by atoms with Gasteiger partial charge in [0.15, 0.2) is 0 Å². The molecular formula is C16H17ClN2. The summed E-state index contributed by atoms with van der Waals surface area (Å²) in [6.07, 6.45) is 5.98. The lowest BCUT2D eigenvalue weighted by atomic mass is 10.1. The summed E-state index contributed by atoms with van der Waals surface area (Å²) < 4.78 is 0. The smallest absolute Gasteiger partial charge is 0.0408 e. The van der Waals surface area contributed by atoms with Crippen molar-refractivity contribution in [2.75, 3.05) is 0 Å². The Bertz CT molecular complexity index is 568. The van der Waals surface area contributed by atoms with E-state index in [9.17, 15) is 0 Å². The van der Waals surface area contributed by atoms with Gasteiger partial charge in [0.1, 0.15) is 0 Å². The van der Waals surface area contributed by atoms with E-state index in [0.29, 0.717) is 12.1 Å². The third-order valence-corrected chi connectivity index (χ3v) is 4.05. The molecule has 1 heterocycles. The number of nitrogens with one attached hydrogen (secondary N) is 1. The number of hydrogen-bond acceptors (Lipinski definition) is 2. The van der Waals surface area contributed by atoms with Crippen molar-refractivity contribution < 1.29 is 0 Å². The van der Waals surface area contributed by atoms with Crippen LogP contribution in [0.4, 0.5) is 0 Å². The van der Waals surface area contributed by atoms with Crippen LogP contribution in [0.5, 0.6) is 0 Å². The summed E-state index contributed by atoms with van der Waals surface area (Å²) in [5.74, 6) is 0. The lowest BCUT2D eigenvalue weighted by molar-refractivity contribution is 0.464. The van der Waals surface area contributed by atoms with Gasteiger partial charge in [0.2, 0.25) is 0 Å². The van der Waals surface area contributed by atoms with Crippen molar-refractivity contribution in [3.63, 3.8) is 0 Å². The largest absolute Gasteiger partial charge is 0.303 e. The highest BCUT2D eigenvalue weighted by Crippen LogP contribution is 2.34. The average Bonchev–Trinajstić information content (AvgIpc) is 2.82. The van der Waals surface area contributed by atoms with E-state index in [0.717, 1.165) is 17.9 Å². The Morgan fingerprint density at radius 2 is 2.26 bits per heavy atom. The Morgan fingerprint density at radius 1 is 1.37 bits per heavy atom. The van der Waals surface area contributed by atoms with Crippen LogP contribution in [0.2, 0.25) is 5.02 Å². The number of rotatable bonds is 3. The zero-order valence-electron chi connectivity index (χ0n) is 10.9. The molecule has 2 nitrogen and oxygen atoms in total. The van der Waals surface area contributed by atoms with Gasteiger partial charge in [-0.15, -0.1) is 0 Å². The summed E-state index contributed by atoms with van der Waals surface area (Å²) in [7, 11) is 0. The predicted octanol–water partition coefficient (Wildman–Crippen LogP) is 4.07. The Balaban J connectivity index is 1.76. The van der Waals surface area contributed by atoms with Gasteiger partial charge in [-0.3, -0.25) is 4.98 Å². The molecule has 0 bridgehead atoms. The van der Waals surface area contributed by atoms with Crippen LogP contribution in [0.1, 0.15) is 42.1 Å². The third kappa shape index (κ3) is 2.65. The molecule has 98 valence electrons. The van der Waals surface area contributed by atoms with Gasteiger partial charge in [-0.2, -0.15) is 0 Å². The van der Waals surface area contributed by atoms with E-state index in [2.05, 4.69) is 35.4 Å². The van der Waals surface area contributed by atoms with Gasteiger partial charge in [-0.25, -0.2) is 0 Å². The van der Waals surface area contributed by atoms with Crippen LogP contribution >= 0.6 is 11.6 Å². The zero-order valence-corrected chi connectivity index (χ0v) is 11.7. The Hall–Kier alpha value is -1.38. The van der Waals surface area contributed by atoms with E-state index in [1.807, 2.05) is 24.5 Å². The van der Waals surface area contributed by atoms with Crippen molar-refractivity contribution in [1.82, 2.24) is 10.3 Å². The van der Waals surface area contributed by atoms with Gasteiger partial charge in [0.25, 0.3) is 0 Å². The van der Waals surface area contributed by atoms with E-state index in [1.54, 1.807) is 0 Å². The van der Waals surface area contributed by atoms with E-state index < -0.39 is 0 Å². The van der Waals surface area contributed by atoms with Crippen LogP contribution < -0.4 is 5.32 Å². The fourth-order valence-electron chi connectivity index (χ4n) is 2.79. The molecule has 1 aromatic heterocycles. The highest BCUT2D eigenvalue weighted by molar-refractivity contribution is 6.30. The van der Waals surface area contributed by atoms with Crippen LogP contribution in [-0.4, -0.2) is 4.98 Å². The van der Waals surface area contributed by atoms with E-state index >= 15 is 0 Å². The summed E-state index contributed by atoms with van der Waals surface area (Å²) in [4.78, 5) is 4.18. The van der Waals surface area contributed by atoms with Crippen LogP contribution in [0, 0.1) is 0 Å². The van der Waals surface area contributed by atoms with E-state index in [4.69, 9.17) is 11.6 Å². The fraction of sp³-hybridized carbons (Fsp3) is 0.312. The molecule has 1 unspecified atom stereocenters. The molecule has 3 rings (SSSR count). The predicted molar refractivity (Wildman–Crippen MR) is 78.3 cm³/mol. The maximum atomic E-state index is 6.04. The summed E-state index contributed by atoms with van der Waals surface area (Å²) >= 11 is 6.04. The highest BCUT2D eigenvalue weighted by atomic mass is 35.5. The minimum atomic E-state index is 0.306.